The Balaban J connectivity index is 0.992. The van der Waals surface area contributed by atoms with Gasteiger partial charge in [-0.2, -0.15) is 0 Å². The first-order valence-electron chi connectivity index (χ1n) is 31.2. The summed E-state index contributed by atoms with van der Waals surface area (Å²) in [6.07, 6.45) is -0.101. The average molecular weight is 1300 g/mol. The summed E-state index contributed by atoms with van der Waals surface area (Å²) in [5.41, 5.74) is -1.22. The first kappa shape index (κ1) is 76.4. The van der Waals surface area contributed by atoms with Crippen LogP contribution < -0.4 is 14.2 Å². The van der Waals surface area contributed by atoms with Gasteiger partial charge in [0.2, 0.25) is 9.84 Å². The fourth-order valence-corrected chi connectivity index (χ4v) is 11.1. The van der Waals surface area contributed by atoms with Crippen LogP contribution in [0.25, 0.3) is 0 Å². The maximum atomic E-state index is 14.0. The van der Waals surface area contributed by atoms with Gasteiger partial charge < -0.3 is 71.4 Å². The zero-order valence-corrected chi connectivity index (χ0v) is 56.5. The van der Waals surface area contributed by atoms with Crippen molar-refractivity contribution in [3.05, 3.63) is 138 Å². The predicted octanol–water partition coefficient (Wildman–Crippen LogP) is 11.3. The monoisotopic (exact) mass is 1300 g/mol. The third-order valence-electron chi connectivity index (χ3n) is 14.9. The molecule has 0 aliphatic heterocycles. The predicted molar refractivity (Wildman–Crippen MR) is 347 cm³/mol. The van der Waals surface area contributed by atoms with E-state index in [0.717, 1.165) is 11.1 Å². The van der Waals surface area contributed by atoms with Crippen molar-refractivity contribution in [1.29, 1.82) is 0 Å². The SMILES string of the molecule is COCCOCCOCCOCCOCCOCCOCCOCCOCCOC(=O)C(C)(C)CC(C)(CC(C)(C)C(=O)Oc1ccc(C(C)(C)c2ccc(Oc3ccc(S(=O)(=O)c4ccc(Oc5ccc(C(C)(C)C)cc5)cc4)cc3)cc2)cc1)C(=O)OCCO. The van der Waals surface area contributed by atoms with E-state index in [-0.39, 0.29) is 54.5 Å². The number of rotatable bonds is 45. The van der Waals surface area contributed by atoms with E-state index >= 15 is 0 Å². The number of methoxy groups -OCH3 is 1. The molecule has 1 unspecified atom stereocenters. The van der Waals surface area contributed by atoms with Gasteiger partial charge in [-0.3, -0.25) is 14.4 Å². The van der Waals surface area contributed by atoms with E-state index in [0.29, 0.717) is 128 Å². The topological polar surface area (TPSA) is 235 Å². The van der Waals surface area contributed by atoms with E-state index in [1.165, 1.54) is 29.8 Å². The molecule has 0 spiro atoms. The van der Waals surface area contributed by atoms with Gasteiger partial charge in [0.05, 0.1) is 145 Å². The third kappa shape index (κ3) is 25.9. The van der Waals surface area contributed by atoms with Crippen LogP contribution in [0.4, 0.5) is 0 Å². The van der Waals surface area contributed by atoms with Crippen LogP contribution in [0.3, 0.4) is 0 Å². The van der Waals surface area contributed by atoms with E-state index in [1.807, 2.05) is 60.7 Å². The van der Waals surface area contributed by atoms with Crippen molar-refractivity contribution in [3.8, 4) is 28.7 Å². The fraction of sp³-hybridized carbons (Fsp3) is 0.535. The average Bonchev–Trinajstić information content (AvgIpc) is 0.833. The van der Waals surface area contributed by atoms with Gasteiger partial charge >= 0.3 is 17.9 Å². The van der Waals surface area contributed by atoms with E-state index in [2.05, 4.69) is 34.6 Å². The molecule has 1 atom stereocenters. The Kier molecular flexibility index (Phi) is 31.7. The van der Waals surface area contributed by atoms with Crippen LogP contribution in [-0.2, 0) is 87.2 Å². The first-order valence-corrected chi connectivity index (χ1v) is 32.7. The standard InChI is InChI=1S/C71H98O20S/c1-67(2,3)54-12-18-57(19-13-54)89-59-24-28-62(29-25-59)92(76,77)63-30-26-60(27-31-63)90-58-20-14-55(15-21-58)70(8,9)56-16-22-61(23-17-56)91-65(74)69(6,7)53-71(10,66(75)87-33-32-72)52-68(4,5)64(73)88-51-50-86-49-48-85-47-46-84-45-44-83-43-42-82-41-40-81-39-38-80-37-36-79-35-34-78-11/h12-31,72H,32-53H2,1-11H3. The molecule has 0 saturated heterocycles. The molecule has 5 aromatic carbocycles. The Morgan fingerprint density at radius 2 is 0.652 bits per heavy atom. The van der Waals surface area contributed by atoms with Crippen LogP contribution in [-0.4, -0.2) is 171 Å². The largest absolute Gasteiger partial charge is 0.463 e. The molecule has 92 heavy (non-hydrogen) atoms. The van der Waals surface area contributed by atoms with Crippen molar-refractivity contribution < 1.29 is 94.2 Å². The molecule has 21 heteroatoms. The number of hydrogen-bond acceptors (Lipinski definition) is 20. The molecule has 0 aromatic heterocycles. The van der Waals surface area contributed by atoms with E-state index < -0.39 is 56.0 Å². The lowest BCUT2D eigenvalue weighted by Gasteiger charge is -2.38. The number of benzene rings is 5. The minimum atomic E-state index is -3.82. The number of hydrogen-bond donors (Lipinski definition) is 1. The molecule has 0 aliphatic carbocycles. The fourth-order valence-electron chi connectivity index (χ4n) is 9.88. The van der Waals surface area contributed by atoms with Gasteiger partial charge in [0.1, 0.15) is 42.0 Å². The number of esters is 3. The first-order chi connectivity index (χ1) is 43.8. The van der Waals surface area contributed by atoms with Crippen molar-refractivity contribution in [2.45, 2.75) is 103 Å². The summed E-state index contributed by atoms with van der Waals surface area (Å²) in [6.45, 7) is 25.4. The van der Waals surface area contributed by atoms with E-state index in [9.17, 15) is 27.9 Å². The van der Waals surface area contributed by atoms with Gasteiger partial charge in [-0.25, -0.2) is 8.42 Å². The van der Waals surface area contributed by atoms with Crippen LogP contribution in [0.2, 0.25) is 0 Å². The number of aliphatic hydroxyl groups excluding tert-OH is 1. The van der Waals surface area contributed by atoms with Crippen LogP contribution in [0.1, 0.15) is 98.8 Å². The molecule has 20 nitrogen and oxygen atoms in total. The molecular weight excluding hydrogens is 1200 g/mol. The minimum absolute atomic E-state index is 0.0135. The lowest BCUT2D eigenvalue weighted by Crippen LogP contribution is -2.44. The van der Waals surface area contributed by atoms with Crippen molar-refractivity contribution in [2.75, 3.05) is 139 Å². The summed E-state index contributed by atoms with van der Waals surface area (Å²) in [5, 5.41) is 9.50. The van der Waals surface area contributed by atoms with Gasteiger partial charge in [0.15, 0.2) is 0 Å². The Morgan fingerprint density at radius 1 is 0.359 bits per heavy atom. The lowest BCUT2D eigenvalue weighted by atomic mass is 9.66. The second-order valence-electron chi connectivity index (χ2n) is 25.1. The molecule has 0 heterocycles. The van der Waals surface area contributed by atoms with E-state index in [1.54, 1.807) is 78.1 Å². The highest BCUT2D eigenvalue weighted by Crippen LogP contribution is 2.45. The molecular formula is C71H98O20S. The van der Waals surface area contributed by atoms with E-state index in [4.69, 9.17) is 66.3 Å². The summed E-state index contributed by atoms with van der Waals surface area (Å²) in [5.74, 6) is 0.650. The molecule has 0 saturated carbocycles. The van der Waals surface area contributed by atoms with Gasteiger partial charge in [-0.15, -0.1) is 0 Å². The second kappa shape index (κ2) is 38.1. The molecule has 0 amide bonds. The summed E-state index contributed by atoms with van der Waals surface area (Å²) in [4.78, 5) is 41.5. The second-order valence-corrected chi connectivity index (χ2v) is 27.0. The Labute approximate surface area is 544 Å². The molecule has 0 aliphatic rings. The van der Waals surface area contributed by atoms with Crippen molar-refractivity contribution in [1.82, 2.24) is 0 Å². The smallest absolute Gasteiger partial charge is 0.316 e. The van der Waals surface area contributed by atoms with Crippen molar-refractivity contribution >= 4 is 27.7 Å². The number of ether oxygens (including phenoxy) is 14. The molecule has 508 valence electrons. The van der Waals surface area contributed by atoms with Gasteiger partial charge in [0.25, 0.3) is 0 Å². The Morgan fingerprint density at radius 3 is 0.989 bits per heavy atom. The minimum Gasteiger partial charge on any atom is -0.463 e. The number of sulfone groups is 1. The third-order valence-corrected chi connectivity index (χ3v) is 16.7. The van der Waals surface area contributed by atoms with Gasteiger partial charge in [0, 0.05) is 12.5 Å². The Hall–Kier alpha value is -6.34. The van der Waals surface area contributed by atoms with Gasteiger partial charge in [-0.05, 0) is 154 Å². The zero-order valence-electron chi connectivity index (χ0n) is 55.7. The van der Waals surface area contributed by atoms with Crippen LogP contribution in [0.5, 0.6) is 28.7 Å². The zero-order chi connectivity index (χ0) is 67.1. The molecule has 0 fully saturated rings. The molecule has 0 bridgehead atoms. The van der Waals surface area contributed by atoms with Crippen molar-refractivity contribution in [3.63, 3.8) is 0 Å². The molecule has 5 aromatic rings. The quantitative estimate of drug-likeness (QED) is 0.0217. The normalized spacial score (nSPS) is 12.9. The highest BCUT2D eigenvalue weighted by molar-refractivity contribution is 7.91. The van der Waals surface area contributed by atoms with Crippen LogP contribution in [0, 0.1) is 16.2 Å². The maximum Gasteiger partial charge on any atom is 0.316 e. The number of carbonyl (C=O) groups excluding carboxylic acids is 3. The summed E-state index contributed by atoms with van der Waals surface area (Å²) in [7, 11) is -2.19. The summed E-state index contributed by atoms with van der Waals surface area (Å²) < 4.78 is 105. The summed E-state index contributed by atoms with van der Waals surface area (Å²) in [6, 6.07) is 35.3. The molecule has 0 radical (unpaired) electrons. The highest BCUT2D eigenvalue weighted by Gasteiger charge is 2.49. The maximum absolute atomic E-state index is 14.0. The van der Waals surface area contributed by atoms with Gasteiger partial charge in [-0.1, -0.05) is 71.0 Å². The number of carbonyl (C=O) groups is 3. The molecule has 5 rings (SSSR count). The lowest BCUT2D eigenvalue weighted by molar-refractivity contribution is -0.167. The van der Waals surface area contributed by atoms with Crippen LogP contribution in [0.15, 0.2) is 131 Å². The Bertz CT molecular complexity index is 3050. The van der Waals surface area contributed by atoms with Crippen LogP contribution >= 0.6 is 0 Å². The van der Waals surface area contributed by atoms with Crippen molar-refractivity contribution in [2.24, 2.45) is 16.2 Å². The highest BCUT2D eigenvalue weighted by atomic mass is 32.2. The molecule has 1 N–H and O–H groups in total. The number of aliphatic hydroxyl groups is 1. The summed E-state index contributed by atoms with van der Waals surface area (Å²) >= 11 is 0.